The number of benzene rings is 4. The van der Waals surface area contributed by atoms with Crippen LogP contribution in [-0.4, -0.2) is 42.6 Å². The average molecular weight is 763 g/mol. The molecule has 0 aliphatic heterocycles. The molecule has 1 aliphatic carbocycles. The van der Waals surface area contributed by atoms with Gasteiger partial charge in [-0.1, -0.05) is 116 Å². The van der Waals surface area contributed by atoms with Crippen molar-refractivity contribution < 1.29 is 14.3 Å². The van der Waals surface area contributed by atoms with Crippen LogP contribution in [0.15, 0.2) is 113 Å². The van der Waals surface area contributed by atoms with Crippen molar-refractivity contribution in [2.45, 2.75) is 72.3 Å². The van der Waals surface area contributed by atoms with Crippen molar-refractivity contribution in [1.82, 2.24) is 25.1 Å². The van der Waals surface area contributed by atoms with Gasteiger partial charge < -0.3 is 19.9 Å². The number of fused-ring (bicyclic) bond motifs is 1. The van der Waals surface area contributed by atoms with Gasteiger partial charge in [0.2, 0.25) is 11.8 Å². The molecule has 272 valence electrons. The van der Waals surface area contributed by atoms with E-state index >= 15 is 0 Å². The first-order chi connectivity index (χ1) is 25.9. The number of hydrogen-bond donors (Lipinski definition) is 2. The van der Waals surface area contributed by atoms with Gasteiger partial charge in [-0.05, 0) is 72.7 Å². The zero-order chi connectivity index (χ0) is 36.6. The van der Waals surface area contributed by atoms with Crippen molar-refractivity contribution >= 4 is 62.6 Å². The molecular formula is C41H42N6O3S3. The van der Waals surface area contributed by atoms with E-state index in [1.165, 1.54) is 72.5 Å². The van der Waals surface area contributed by atoms with Gasteiger partial charge in [0, 0.05) is 12.7 Å². The number of nitrogens with one attached hydrogen (secondary N) is 2. The smallest absolute Gasteiger partial charge is 0.237 e. The van der Waals surface area contributed by atoms with Crippen molar-refractivity contribution in [3.8, 4) is 5.75 Å². The molecule has 0 bridgehead atoms. The lowest BCUT2D eigenvalue weighted by Crippen LogP contribution is -2.30. The largest absolute Gasteiger partial charge is 0.486 e. The van der Waals surface area contributed by atoms with Crippen LogP contribution in [-0.2, 0) is 23.2 Å². The molecule has 0 unspecified atom stereocenters. The number of anilines is 1. The van der Waals surface area contributed by atoms with E-state index < -0.39 is 5.25 Å². The number of thiazole rings is 1. The lowest BCUT2D eigenvalue weighted by Gasteiger charge is -2.22. The Kier molecular flexibility index (Phi) is 12.1. The molecule has 2 N–H and O–H groups in total. The minimum Gasteiger partial charge on any atom is -0.486 e. The first-order valence-corrected chi connectivity index (χ1v) is 20.6. The van der Waals surface area contributed by atoms with Gasteiger partial charge in [0.25, 0.3) is 0 Å². The third kappa shape index (κ3) is 9.48. The summed E-state index contributed by atoms with van der Waals surface area (Å²) in [7, 11) is 1.89. The monoisotopic (exact) mass is 762 g/mol. The van der Waals surface area contributed by atoms with Crippen LogP contribution in [0.4, 0.5) is 5.69 Å². The van der Waals surface area contributed by atoms with Crippen molar-refractivity contribution in [3.63, 3.8) is 0 Å². The predicted octanol–water partition coefficient (Wildman–Crippen LogP) is 9.17. The predicted molar refractivity (Wildman–Crippen MR) is 215 cm³/mol. The first-order valence-electron chi connectivity index (χ1n) is 17.9. The summed E-state index contributed by atoms with van der Waals surface area (Å²) in [6.45, 7) is 2.14. The van der Waals surface area contributed by atoms with Gasteiger partial charge in [-0.25, -0.2) is 4.98 Å². The molecule has 9 nitrogen and oxygen atoms in total. The van der Waals surface area contributed by atoms with E-state index in [-0.39, 0.29) is 30.2 Å². The van der Waals surface area contributed by atoms with Crippen LogP contribution in [0.5, 0.6) is 5.75 Å². The highest BCUT2D eigenvalue weighted by Gasteiger charge is 2.21. The van der Waals surface area contributed by atoms with Crippen LogP contribution in [0.25, 0.3) is 10.2 Å². The van der Waals surface area contributed by atoms with Gasteiger partial charge in [-0.3, -0.25) is 9.59 Å². The van der Waals surface area contributed by atoms with E-state index in [1.54, 1.807) is 0 Å². The van der Waals surface area contributed by atoms with E-state index in [4.69, 9.17) is 9.72 Å². The van der Waals surface area contributed by atoms with Crippen LogP contribution in [0.2, 0.25) is 0 Å². The lowest BCUT2D eigenvalue weighted by atomic mass is 9.84. The van der Waals surface area contributed by atoms with Gasteiger partial charge in [0.15, 0.2) is 15.3 Å². The molecular weight excluding hydrogens is 721 g/mol. The Labute approximate surface area is 322 Å². The van der Waals surface area contributed by atoms with E-state index in [0.29, 0.717) is 22.6 Å². The maximum atomic E-state index is 13.2. The van der Waals surface area contributed by atoms with Gasteiger partial charge >= 0.3 is 0 Å². The molecule has 1 atom stereocenters. The minimum absolute atomic E-state index is 0.0756. The number of amides is 2. The van der Waals surface area contributed by atoms with Crippen LogP contribution in [0.3, 0.4) is 0 Å². The van der Waals surface area contributed by atoms with Crippen molar-refractivity contribution in [2.75, 3.05) is 11.1 Å². The number of carbonyl (C=O) groups excluding carboxylic acids is 2. The van der Waals surface area contributed by atoms with E-state index in [9.17, 15) is 9.59 Å². The third-order valence-corrected chi connectivity index (χ3v) is 12.7. The number of hydrogen-bond acceptors (Lipinski definition) is 9. The zero-order valence-corrected chi connectivity index (χ0v) is 32.2. The number of thioether (sulfide) groups is 2. The van der Waals surface area contributed by atoms with Crippen molar-refractivity contribution in [3.05, 3.63) is 126 Å². The molecule has 1 saturated carbocycles. The number of aromatic nitrogens is 4. The van der Waals surface area contributed by atoms with Crippen LogP contribution in [0.1, 0.15) is 73.5 Å². The van der Waals surface area contributed by atoms with Crippen molar-refractivity contribution in [2.24, 2.45) is 7.05 Å². The van der Waals surface area contributed by atoms with Crippen LogP contribution in [0, 0.1) is 0 Å². The average Bonchev–Trinajstić information content (AvgIpc) is 3.78. The Morgan fingerprint density at radius 3 is 2.30 bits per heavy atom. The zero-order valence-electron chi connectivity index (χ0n) is 29.7. The third-order valence-electron chi connectivity index (χ3n) is 9.44. The molecule has 1 fully saturated rings. The molecule has 4 aromatic carbocycles. The fourth-order valence-corrected chi connectivity index (χ4v) is 9.22. The normalized spacial score (nSPS) is 13.9. The number of carbonyl (C=O) groups is 2. The summed E-state index contributed by atoms with van der Waals surface area (Å²) in [4.78, 5) is 31.0. The summed E-state index contributed by atoms with van der Waals surface area (Å²) in [5, 5.41) is 15.1. The summed E-state index contributed by atoms with van der Waals surface area (Å²) in [6, 6.07) is 33.8. The van der Waals surface area contributed by atoms with E-state index in [0.717, 1.165) is 31.4 Å². The molecule has 1 aliphatic rings. The Morgan fingerprint density at radius 1 is 0.906 bits per heavy atom. The fraction of sp³-hybridized carbons (Fsp3) is 0.293. The highest BCUT2D eigenvalue weighted by molar-refractivity contribution is 8.01. The molecule has 6 aromatic rings. The van der Waals surface area contributed by atoms with Gasteiger partial charge in [0.1, 0.15) is 12.4 Å². The van der Waals surface area contributed by atoms with Crippen LogP contribution < -0.4 is 15.4 Å². The molecule has 2 aromatic heterocycles. The highest BCUT2D eigenvalue weighted by atomic mass is 32.2. The van der Waals surface area contributed by atoms with E-state index in [1.807, 2.05) is 110 Å². The quantitative estimate of drug-likeness (QED) is 0.106. The van der Waals surface area contributed by atoms with E-state index in [2.05, 4.69) is 33.0 Å². The SMILES string of the molecule is C[C@H](Sc1nnc(COc2ccc(C3CCCCC3)cc2)n1C)C(=O)Nc1ccc2nc(SCC(=O)NC(c3ccccc3)c3ccccc3)sc2c1. The number of ether oxygens (including phenoxy) is 1. The van der Waals surface area contributed by atoms with Gasteiger partial charge in [0.05, 0.1) is 27.3 Å². The van der Waals surface area contributed by atoms with Gasteiger partial charge in [-0.2, -0.15) is 0 Å². The number of rotatable bonds is 14. The molecule has 2 heterocycles. The standard InChI is InChI=1S/C41H42N6O3S3/c1-27(52-40-46-45-36(47(40)2)25-50-33-21-18-29(19-22-33)28-12-6-3-7-13-28)39(49)42-32-20-23-34-35(24-32)53-41(43-34)51-26-37(48)44-38(30-14-8-4-9-15-30)31-16-10-5-11-17-31/h4-5,8-11,14-24,27-28,38H,3,6-7,12-13,25-26H2,1-2H3,(H,42,49)(H,44,48)/t27-/m0/s1. The van der Waals surface area contributed by atoms with Gasteiger partial charge in [-0.15, -0.1) is 21.5 Å². The summed E-state index contributed by atoms with van der Waals surface area (Å²) in [5.41, 5.74) is 4.95. The summed E-state index contributed by atoms with van der Waals surface area (Å²) < 4.78 is 9.63. The first kappa shape index (κ1) is 36.7. The Balaban J connectivity index is 0.900. The second kappa shape index (κ2) is 17.5. The summed E-state index contributed by atoms with van der Waals surface area (Å²) in [5.74, 6) is 2.17. The highest BCUT2D eigenvalue weighted by Crippen LogP contribution is 2.34. The number of nitrogens with zero attached hydrogens (tertiary/aromatic N) is 4. The lowest BCUT2D eigenvalue weighted by molar-refractivity contribution is -0.119. The minimum atomic E-state index is -0.420. The molecule has 53 heavy (non-hydrogen) atoms. The Hall–Kier alpha value is -4.65. The Morgan fingerprint density at radius 2 is 1.60 bits per heavy atom. The van der Waals surface area contributed by atoms with Crippen LogP contribution >= 0.6 is 34.9 Å². The second-order valence-electron chi connectivity index (χ2n) is 13.2. The van der Waals surface area contributed by atoms with Crippen molar-refractivity contribution in [1.29, 1.82) is 0 Å². The second-order valence-corrected chi connectivity index (χ2v) is 16.7. The Bertz CT molecular complexity index is 2090. The fourth-order valence-electron chi connectivity index (χ4n) is 6.47. The topological polar surface area (TPSA) is 111 Å². The molecule has 0 spiro atoms. The summed E-state index contributed by atoms with van der Waals surface area (Å²) >= 11 is 4.25. The molecule has 2 amide bonds. The molecule has 0 saturated heterocycles. The maximum Gasteiger partial charge on any atom is 0.237 e. The maximum absolute atomic E-state index is 13.2. The molecule has 0 radical (unpaired) electrons. The molecule has 12 heteroatoms. The molecule has 7 rings (SSSR count). The summed E-state index contributed by atoms with van der Waals surface area (Å²) in [6.07, 6.45) is 6.52.